The molecular weight excluding hydrogens is 397 g/mol. The van der Waals surface area contributed by atoms with E-state index < -0.39 is 29.3 Å². The molecule has 0 bridgehead atoms. The SMILES string of the molecule is COc1cc(OC)cc(N(CC(=O)c2ccc([N+](=O)[O-])cc2)C(=O)C(F)(F)F)c1. The molecule has 8 nitrogen and oxygen atoms in total. The van der Waals surface area contributed by atoms with Gasteiger partial charge in [0.25, 0.3) is 5.69 Å². The molecule has 0 aliphatic rings. The highest BCUT2D eigenvalue weighted by molar-refractivity contribution is 6.07. The van der Waals surface area contributed by atoms with Crippen molar-refractivity contribution in [3.8, 4) is 11.5 Å². The van der Waals surface area contributed by atoms with E-state index in [-0.39, 0.29) is 33.3 Å². The van der Waals surface area contributed by atoms with Gasteiger partial charge in [0.2, 0.25) is 0 Å². The molecule has 0 aliphatic heterocycles. The number of methoxy groups -OCH3 is 2. The molecule has 154 valence electrons. The van der Waals surface area contributed by atoms with Crippen molar-refractivity contribution in [2.75, 3.05) is 25.7 Å². The van der Waals surface area contributed by atoms with Gasteiger partial charge >= 0.3 is 12.1 Å². The molecule has 0 radical (unpaired) electrons. The zero-order valence-corrected chi connectivity index (χ0v) is 15.2. The zero-order chi connectivity index (χ0) is 21.8. The van der Waals surface area contributed by atoms with Crippen LogP contribution in [0.1, 0.15) is 10.4 Å². The van der Waals surface area contributed by atoms with Crippen LogP contribution in [0.25, 0.3) is 0 Å². The fourth-order valence-corrected chi connectivity index (χ4v) is 2.39. The minimum atomic E-state index is -5.24. The Morgan fingerprint density at radius 1 is 1.03 bits per heavy atom. The first-order chi connectivity index (χ1) is 13.6. The summed E-state index contributed by atoms with van der Waals surface area (Å²) in [7, 11) is 2.55. The van der Waals surface area contributed by atoms with Crippen molar-refractivity contribution in [3.63, 3.8) is 0 Å². The largest absolute Gasteiger partial charge is 0.497 e. The third-order valence-corrected chi connectivity index (χ3v) is 3.84. The molecule has 0 unspecified atom stereocenters. The average molecular weight is 412 g/mol. The smallest absolute Gasteiger partial charge is 0.471 e. The quantitative estimate of drug-likeness (QED) is 0.393. The number of ketones is 1. The number of halogens is 3. The second kappa shape index (κ2) is 8.59. The van der Waals surface area contributed by atoms with Gasteiger partial charge in [0.15, 0.2) is 5.78 Å². The number of hydrogen-bond donors (Lipinski definition) is 0. The molecule has 11 heteroatoms. The van der Waals surface area contributed by atoms with Crippen molar-refractivity contribution in [2.45, 2.75) is 6.18 Å². The number of benzene rings is 2. The highest BCUT2D eigenvalue weighted by Crippen LogP contribution is 2.31. The number of nitrogens with zero attached hydrogens (tertiary/aromatic N) is 2. The molecule has 0 aliphatic carbocycles. The Morgan fingerprint density at radius 3 is 1.97 bits per heavy atom. The highest BCUT2D eigenvalue weighted by atomic mass is 19.4. The number of alkyl halides is 3. The van der Waals surface area contributed by atoms with Crippen molar-refractivity contribution in [1.29, 1.82) is 0 Å². The molecule has 0 saturated heterocycles. The van der Waals surface area contributed by atoms with Gasteiger partial charge in [-0.15, -0.1) is 0 Å². The summed E-state index contributed by atoms with van der Waals surface area (Å²) in [4.78, 5) is 34.7. The first kappa shape index (κ1) is 21.7. The number of anilines is 1. The summed E-state index contributed by atoms with van der Waals surface area (Å²) in [5.41, 5.74) is -0.647. The molecule has 1 amide bonds. The van der Waals surface area contributed by atoms with Gasteiger partial charge in [0.1, 0.15) is 11.5 Å². The van der Waals surface area contributed by atoms with E-state index in [1.54, 1.807) is 0 Å². The minimum absolute atomic E-state index is 0.0922. The lowest BCUT2D eigenvalue weighted by atomic mass is 10.1. The summed E-state index contributed by atoms with van der Waals surface area (Å²) >= 11 is 0. The Balaban J connectivity index is 2.42. The normalized spacial score (nSPS) is 10.9. The van der Waals surface area contributed by atoms with Crippen LogP contribution in [-0.2, 0) is 4.79 Å². The summed E-state index contributed by atoms with van der Waals surface area (Å²) in [5, 5.41) is 10.7. The molecule has 29 heavy (non-hydrogen) atoms. The molecule has 0 atom stereocenters. The minimum Gasteiger partial charge on any atom is -0.497 e. The third-order valence-electron chi connectivity index (χ3n) is 3.84. The van der Waals surface area contributed by atoms with Gasteiger partial charge < -0.3 is 9.47 Å². The number of hydrogen-bond acceptors (Lipinski definition) is 6. The first-order valence-electron chi connectivity index (χ1n) is 7.96. The van der Waals surface area contributed by atoms with Gasteiger partial charge in [0.05, 0.1) is 31.4 Å². The number of ether oxygens (including phenoxy) is 2. The van der Waals surface area contributed by atoms with Crippen molar-refractivity contribution in [3.05, 3.63) is 58.1 Å². The fourth-order valence-electron chi connectivity index (χ4n) is 2.39. The van der Waals surface area contributed by atoms with Crippen LogP contribution in [-0.4, -0.2) is 43.6 Å². The van der Waals surface area contributed by atoms with E-state index in [1.165, 1.54) is 20.3 Å². The molecular formula is C18H15F3N2O6. The van der Waals surface area contributed by atoms with Crippen molar-refractivity contribution in [1.82, 2.24) is 0 Å². The van der Waals surface area contributed by atoms with Gasteiger partial charge in [-0.1, -0.05) is 0 Å². The van der Waals surface area contributed by atoms with Crippen LogP contribution in [0.5, 0.6) is 11.5 Å². The number of carbonyl (C=O) groups is 2. The second-order valence-corrected chi connectivity index (χ2v) is 5.69. The molecule has 0 N–H and O–H groups in total. The molecule has 2 rings (SSSR count). The molecule has 0 spiro atoms. The number of rotatable bonds is 7. The summed E-state index contributed by atoms with van der Waals surface area (Å²) in [6.07, 6.45) is -5.24. The molecule has 0 saturated carbocycles. The van der Waals surface area contributed by atoms with Crippen LogP contribution in [0.4, 0.5) is 24.5 Å². The molecule has 0 heterocycles. The van der Waals surface area contributed by atoms with Crippen LogP contribution in [0.3, 0.4) is 0 Å². The van der Waals surface area contributed by atoms with E-state index in [4.69, 9.17) is 9.47 Å². The van der Waals surface area contributed by atoms with E-state index in [9.17, 15) is 32.9 Å². The lowest BCUT2D eigenvalue weighted by Gasteiger charge is -2.24. The van der Waals surface area contributed by atoms with Crippen molar-refractivity contribution in [2.24, 2.45) is 0 Å². The third kappa shape index (κ3) is 5.21. The van der Waals surface area contributed by atoms with Crippen LogP contribution in [0.2, 0.25) is 0 Å². The average Bonchev–Trinajstić information content (AvgIpc) is 2.70. The Hall–Kier alpha value is -3.63. The van der Waals surface area contributed by atoms with E-state index in [1.807, 2.05) is 0 Å². The summed E-state index contributed by atoms with van der Waals surface area (Å²) in [5.74, 6) is -2.88. The van der Waals surface area contributed by atoms with E-state index in [0.29, 0.717) is 0 Å². The van der Waals surface area contributed by atoms with Crippen LogP contribution in [0.15, 0.2) is 42.5 Å². The number of nitro groups is 1. The van der Waals surface area contributed by atoms with Crippen LogP contribution < -0.4 is 14.4 Å². The van der Waals surface area contributed by atoms with Gasteiger partial charge in [-0.05, 0) is 12.1 Å². The van der Waals surface area contributed by atoms with E-state index in [0.717, 1.165) is 36.4 Å². The van der Waals surface area contributed by atoms with Gasteiger partial charge in [0, 0.05) is 35.9 Å². The van der Waals surface area contributed by atoms with Crippen LogP contribution >= 0.6 is 0 Å². The standard InChI is InChI=1S/C18H15F3N2O6/c1-28-14-7-13(8-15(9-14)29-2)22(17(25)18(19,20)21)10-16(24)11-3-5-12(6-4-11)23(26)27/h3-9H,10H2,1-2H3. The predicted octanol–water partition coefficient (Wildman–Crippen LogP) is 3.39. The van der Waals surface area contributed by atoms with Gasteiger partial charge in [-0.3, -0.25) is 24.6 Å². The zero-order valence-electron chi connectivity index (χ0n) is 15.2. The number of carbonyl (C=O) groups excluding carboxylic acids is 2. The summed E-state index contributed by atoms with van der Waals surface area (Å²) in [6.45, 7) is -0.952. The maximum absolute atomic E-state index is 13.1. The van der Waals surface area contributed by atoms with Gasteiger partial charge in [-0.2, -0.15) is 13.2 Å². The maximum atomic E-state index is 13.1. The first-order valence-corrected chi connectivity index (χ1v) is 7.96. The topological polar surface area (TPSA) is 99.0 Å². The second-order valence-electron chi connectivity index (χ2n) is 5.69. The maximum Gasteiger partial charge on any atom is 0.471 e. The molecule has 0 fully saturated rings. The lowest BCUT2D eigenvalue weighted by Crippen LogP contribution is -2.44. The van der Waals surface area contributed by atoms with Crippen LogP contribution in [0, 0.1) is 10.1 Å². The number of nitro benzene ring substituents is 1. The predicted molar refractivity (Wildman–Crippen MR) is 95.4 cm³/mol. The highest BCUT2D eigenvalue weighted by Gasteiger charge is 2.44. The fraction of sp³-hybridized carbons (Fsp3) is 0.222. The van der Waals surface area contributed by atoms with E-state index in [2.05, 4.69) is 0 Å². The van der Waals surface area contributed by atoms with Gasteiger partial charge in [-0.25, -0.2) is 0 Å². The molecule has 2 aromatic rings. The number of Topliss-reactive ketones (excluding diaryl/α,β-unsaturated/α-hetero) is 1. The Labute approximate surface area is 162 Å². The summed E-state index contributed by atoms with van der Waals surface area (Å²) < 4.78 is 49.3. The molecule has 2 aromatic carbocycles. The van der Waals surface area contributed by atoms with E-state index >= 15 is 0 Å². The van der Waals surface area contributed by atoms with Crippen molar-refractivity contribution < 1.29 is 37.2 Å². The monoisotopic (exact) mass is 412 g/mol. The summed E-state index contributed by atoms with van der Waals surface area (Å²) in [6, 6.07) is 7.96. The Kier molecular flexibility index (Phi) is 6.42. The van der Waals surface area contributed by atoms with Crippen molar-refractivity contribution >= 4 is 23.1 Å². The Bertz CT molecular complexity index is 906. The Morgan fingerprint density at radius 2 is 1.55 bits per heavy atom. The lowest BCUT2D eigenvalue weighted by molar-refractivity contribution is -0.384. The number of non-ortho nitro benzene ring substituents is 1. The molecule has 0 aromatic heterocycles. The number of amides is 1.